The Morgan fingerprint density at radius 2 is 0.976 bits per heavy atom. The molecule has 10 fully saturated rings. The van der Waals surface area contributed by atoms with Crippen molar-refractivity contribution in [1.29, 1.82) is 0 Å². The molecule has 0 aromatic rings. The Kier molecular flexibility index (Phi) is 6.95. The minimum atomic E-state index is -0.793. The van der Waals surface area contributed by atoms with Crippen molar-refractivity contribution < 1.29 is 48.0 Å². The van der Waals surface area contributed by atoms with Gasteiger partial charge in [0.2, 0.25) is 11.6 Å². The fourth-order valence-corrected chi connectivity index (χ4v) is 10.5. The van der Waals surface area contributed by atoms with Gasteiger partial charge in [0.15, 0.2) is 36.4 Å². The molecule has 42 heavy (non-hydrogen) atoms. The first kappa shape index (κ1) is 29.0. The molecule has 2 aliphatic carbocycles. The molecule has 8 heterocycles. The molecule has 2 spiro atoms. The molecule has 8 aliphatic heterocycles. The first-order chi connectivity index (χ1) is 20.1. The summed E-state index contributed by atoms with van der Waals surface area (Å²) >= 11 is 0. The highest BCUT2D eigenvalue weighted by atomic mass is 17.3. The van der Waals surface area contributed by atoms with Gasteiger partial charge in [-0.1, -0.05) is 27.7 Å². The Morgan fingerprint density at radius 1 is 0.548 bits per heavy atom. The van der Waals surface area contributed by atoms with Crippen LogP contribution in [0.15, 0.2) is 0 Å². The average Bonchev–Trinajstić information content (AvgIpc) is 3.33. The third-order valence-corrected chi connectivity index (χ3v) is 12.8. The molecule has 8 saturated heterocycles. The molecule has 10 rings (SSSR count). The quantitative estimate of drug-likeness (QED) is 0.303. The van der Waals surface area contributed by atoms with Crippen molar-refractivity contribution in [2.75, 3.05) is 13.2 Å². The molecule has 2 saturated carbocycles. The largest absolute Gasteiger partial charge is 0.350 e. The third-order valence-electron chi connectivity index (χ3n) is 12.8. The van der Waals surface area contributed by atoms with Crippen LogP contribution in [0.25, 0.3) is 0 Å². The number of fused-ring (bicyclic) bond motifs is 4. The van der Waals surface area contributed by atoms with Crippen LogP contribution in [0, 0.1) is 47.3 Å². The van der Waals surface area contributed by atoms with Crippen LogP contribution in [0.3, 0.4) is 0 Å². The zero-order chi connectivity index (χ0) is 29.1. The number of hydrogen-bond donors (Lipinski definition) is 0. The fraction of sp³-hybridized carbons (Fsp3) is 1.00. The van der Waals surface area contributed by atoms with Crippen LogP contribution in [-0.2, 0) is 48.0 Å². The van der Waals surface area contributed by atoms with E-state index in [4.69, 9.17) is 48.0 Å². The van der Waals surface area contributed by atoms with Gasteiger partial charge in [0.1, 0.15) is 0 Å². The van der Waals surface area contributed by atoms with E-state index in [9.17, 15) is 0 Å². The predicted octanol–water partition coefficient (Wildman–Crippen LogP) is 5.44. The predicted molar refractivity (Wildman–Crippen MR) is 146 cm³/mol. The Labute approximate surface area is 249 Å². The van der Waals surface area contributed by atoms with Crippen LogP contribution >= 0.6 is 0 Å². The molecule has 0 aromatic carbocycles. The van der Waals surface area contributed by atoms with Gasteiger partial charge in [0.25, 0.3) is 0 Å². The standard InChI is InChI=1S/C32H50O10/c1-17-7-9-23-19(3)25(35-27-31(23)21(17)11-13-29(5,37-27)39-41-31)33-15-16-34-26-20(4)24-10-8-18(2)22-12-14-30(6)38-28(36-26)32(22,24)42-40-30/h17-28H,7-16H2,1-6H3/t17-,18-,19-,20-,21?,22?,23?,24?,25+,26+,27?,28?,29-,30-,31-,32-/m1/s1. The van der Waals surface area contributed by atoms with Crippen molar-refractivity contribution in [2.24, 2.45) is 47.3 Å². The van der Waals surface area contributed by atoms with Crippen molar-refractivity contribution in [3.05, 3.63) is 0 Å². The topological polar surface area (TPSA) is 92.3 Å². The van der Waals surface area contributed by atoms with E-state index >= 15 is 0 Å². The van der Waals surface area contributed by atoms with Crippen molar-refractivity contribution in [1.82, 2.24) is 0 Å². The summed E-state index contributed by atoms with van der Waals surface area (Å²) in [6, 6.07) is 0. The maximum atomic E-state index is 6.58. The minimum absolute atomic E-state index is 0.129. The van der Waals surface area contributed by atoms with E-state index in [0.29, 0.717) is 36.9 Å². The van der Waals surface area contributed by atoms with Gasteiger partial charge in [-0.25, -0.2) is 19.6 Å². The molecule has 4 bridgehead atoms. The first-order valence-corrected chi connectivity index (χ1v) is 16.7. The molecular weight excluding hydrogens is 544 g/mol. The van der Waals surface area contributed by atoms with E-state index in [1.54, 1.807) is 0 Å². The molecule has 238 valence electrons. The zero-order valence-corrected chi connectivity index (χ0v) is 26.1. The SMILES string of the molecule is C[C@@H]1CCC2[C@@H](C)[C@@H](OCCO[C@H]3OC4O[C@@]5(C)CCC6[C@H](C)CCC([C@H]3C)[C@@]46OO5)OC3O[C@@]4(C)CCC1[C@]32OO4. The zero-order valence-electron chi connectivity index (χ0n) is 26.1. The summed E-state index contributed by atoms with van der Waals surface area (Å²) in [4.78, 5) is 24.4. The lowest BCUT2D eigenvalue weighted by Gasteiger charge is -2.60. The van der Waals surface area contributed by atoms with Gasteiger partial charge in [-0.3, -0.25) is 0 Å². The highest BCUT2D eigenvalue weighted by Gasteiger charge is 2.71. The van der Waals surface area contributed by atoms with Crippen molar-refractivity contribution >= 4 is 0 Å². The van der Waals surface area contributed by atoms with Gasteiger partial charge in [-0.2, -0.15) is 0 Å². The molecule has 0 radical (unpaired) electrons. The third kappa shape index (κ3) is 4.06. The summed E-state index contributed by atoms with van der Waals surface area (Å²) in [5.74, 6) is 0.881. The molecule has 10 aliphatic rings. The Morgan fingerprint density at radius 3 is 1.40 bits per heavy atom. The molecular formula is C32H50O10. The van der Waals surface area contributed by atoms with Crippen LogP contribution in [0.5, 0.6) is 0 Å². The Balaban J connectivity index is 0.934. The molecule has 0 N–H and O–H groups in total. The fourth-order valence-electron chi connectivity index (χ4n) is 10.5. The lowest BCUT2D eigenvalue weighted by molar-refractivity contribution is -0.578. The molecule has 6 unspecified atom stereocenters. The summed E-state index contributed by atoms with van der Waals surface area (Å²) in [5.41, 5.74) is -1.17. The maximum Gasteiger partial charge on any atom is 0.201 e. The van der Waals surface area contributed by atoms with E-state index in [0.717, 1.165) is 38.5 Å². The van der Waals surface area contributed by atoms with Gasteiger partial charge >= 0.3 is 0 Å². The molecule has 16 atom stereocenters. The summed E-state index contributed by atoms with van der Waals surface area (Å²) < 4.78 is 38.9. The maximum absolute atomic E-state index is 6.58. The van der Waals surface area contributed by atoms with E-state index in [1.165, 1.54) is 12.8 Å². The number of rotatable bonds is 5. The van der Waals surface area contributed by atoms with Crippen molar-refractivity contribution in [3.63, 3.8) is 0 Å². The second-order valence-corrected chi connectivity index (χ2v) is 15.3. The molecule has 10 nitrogen and oxygen atoms in total. The highest BCUT2D eigenvalue weighted by Crippen LogP contribution is 2.62. The molecule has 10 heteroatoms. The van der Waals surface area contributed by atoms with Crippen LogP contribution < -0.4 is 0 Å². The van der Waals surface area contributed by atoms with Gasteiger partial charge in [-0.15, -0.1) is 0 Å². The summed E-state index contributed by atoms with van der Waals surface area (Å²) in [5, 5.41) is 0. The number of ether oxygens (including phenoxy) is 6. The molecule has 0 aromatic heterocycles. The molecule has 0 amide bonds. The smallest absolute Gasteiger partial charge is 0.201 e. The average molecular weight is 595 g/mol. The minimum Gasteiger partial charge on any atom is -0.350 e. The lowest BCUT2D eigenvalue weighted by atomic mass is 9.58. The second-order valence-electron chi connectivity index (χ2n) is 15.3. The van der Waals surface area contributed by atoms with E-state index < -0.39 is 47.9 Å². The summed E-state index contributed by atoms with van der Waals surface area (Å²) in [6.07, 6.45) is 6.21. The van der Waals surface area contributed by atoms with Gasteiger partial charge in [0, 0.05) is 36.5 Å². The van der Waals surface area contributed by atoms with E-state index in [2.05, 4.69) is 27.7 Å². The van der Waals surface area contributed by atoms with Gasteiger partial charge in [-0.05, 0) is 76.0 Å². The Hall–Kier alpha value is -0.400. The van der Waals surface area contributed by atoms with Crippen LogP contribution in [-0.4, -0.2) is 61.2 Å². The van der Waals surface area contributed by atoms with Crippen molar-refractivity contribution in [2.45, 2.75) is 141 Å². The Bertz CT molecular complexity index is 965. The lowest BCUT2D eigenvalue weighted by Crippen LogP contribution is -2.70. The van der Waals surface area contributed by atoms with Gasteiger partial charge in [0.05, 0.1) is 13.2 Å². The van der Waals surface area contributed by atoms with E-state index in [1.807, 2.05) is 13.8 Å². The van der Waals surface area contributed by atoms with E-state index in [-0.39, 0.29) is 23.7 Å². The number of hydrogen-bond acceptors (Lipinski definition) is 10. The monoisotopic (exact) mass is 594 g/mol. The highest BCUT2D eigenvalue weighted by molar-refractivity contribution is 5.10. The van der Waals surface area contributed by atoms with Crippen LogP contribution in [0.4, 0.5) is 0 Å². The summed E-state index contributed by atoms with van der Waals surface area (Å²) in [7, 11) is 0. The van der Waals surface area contributed by atoms with Crippen molar-refractivity contribution in [3.8, 4) is 0 Å². The summed E-state index contributed by atoms with van der Waals surface area (Å²) in [6.45, 7) is 13.8. The van der Waals surface area contributed by atoms with Gasteiger partial charge < -0.3 is 28.4 Å². The normalized spacial score (nSPS) is 59.9. The first-order valence-electron chi connectivity index (χ1n) is 16.7. The second kappa shape index (κ2) is 10.0. The van der Waals surface area contributed by atoms with Crippen LogP contribution in [0.2, 0.25) is 0 Å². The van der Waals surface area contributed by atoms with Crippen LogP contribution in [0.1, 0.15) is 92.9 Å².